The van der Waals surface area contributed by atoms with Crippen molar-refractivity contribution in [1.82, 2.24) is 0 Å². The summed E-state index contributed by atoms with van der Waals surface area (Å²) in [6.45, 7) is 9.20. The van der Waals surface area contributed by atoms with Crippen molar-refractivity contribution in [3.8, 4) is 0 Å². The zero-order chi connectivity index (χ0) is 14.6. The van der Waals surface area contributed by atoms with Crippen LogP contribution in [0.2, 0.25) is 0 Å². The molecule has 0 saturated heterocycles. The number of hydrogen-bond acceptors (Lipinski definition) is 0. The lowest BCUT2D eigenvalue weighted by Gasteiger charge is -2.30. The predicted octanol–water partition coefficient (Wildman–Crippen LogP) is 5.72. The van der Waals surface area contributed by atoms with Crippen LogP contribution >= 0.6 is 0 Å². The fraction of sp³-hybridized carbons (Fsp3) is 0.400. The van der Waals surface area contributed by atoms with Gasteiger partial charge in [-0.3, -0.25) is 0 Å². The summed E-state index contributed by atoms with van der Waals surface area (Å²) in [6.07, 6.45) is 2.47. The summed E-state index contributed by atoms with van der Waals surface area (Å²) in [6, 6.07) is 20.6. The Morgan fingerprint density at radius 2 is 1.75 bits per heavy atom. The standard InChI is InChI=1S/C20H25/c1-5-11-16(2)18-14-9-10-15-19(18)20(3,4)17-12-7-6-8-13-17/h6-10,12,14-16H,5,11H2,1-4H3. The molecule has 2 rings (SSSR count). The normalized spacial score (nSPS) is 13.2. The van der Waals surface area contributed by atoms with Crippen LogP contribution in [0.5, 0.6) is 0 Å². The van der Waals surface area contributed by atoms with Crippen LogP contribution in [0.1, 0.15) is 63.1 Å². The van der Waals surface area contributed by atoms with Crippen molar-refractivity contribution in [2.24, 2.45) is 0 Å². The number of hydrogen-bond donors (Lipinski definition) is 0. The highest BCUT2D eigenvalue weighted by atomic mass is 14.3. The van der Waals surface area contributed by atoms with Crippen molar-refractivity contribution in [3.05, 3.63) is 71.3 Å². The molecule has 20 heavy (non-hydrogen) atoms. The first-order chi connectivity index (χ1) is 9.57. The van der Waals surface area contributed by atoms with Crippen molar-refractivity contribution < 1.29 is 0 Å². The Kier molecular flexibility index (Phi) is 4.65. The van der Waals surface area contributed by atoms with Crippen LogP contribution < -0.4 is 0 Å². The van der Waals surface area contributed by atoms with E-state index in [-0.39, 0.29) is 5.41 Å². The summed E-state index contributed by atoms with van der Waals surface area (Å²) in [4.78, 5) is 0. The summed E-state index contributed by atoms with van der Waals surface area (Å²) >= 11 is 0. The van der Waals surface area contributed by atoms with E-state index in [1.54, 1.807) is 0 Å². The van der Waals surface area contributed by atoms with E-state index in [9.17, 15) is 0 Å². The van der Waals surface area contributed by atoms with Crippen molar-refractivity contribution >= 4 is 0 Å². The van der Waals surface area contributed by atoms with E-state index in [4.69, 9.17) is 0 Å². The zero-order valence-electron chi connectivity index (χ0n) is 13.1. The lowest BCUT2D eigenvalue weighted by molar-refractivity contribution is 0.598. The quantitative estimate of drug-likeness (QED) is 0.649. The van der Waals surface area contributed by atoms with E-state index in [0.29, 0.717) is 5.92 Å². The summed E-state index contributed by atoms with van der Waals surface area (Å²) in [5.41, 5.74) is 4.18. The van der Waals surface area contributed by atoms with E-state index in [1.807, 2.05) is 12.1 Å². The second kappa shape index (κ2) is 6.26. The summed E-state index contributed by atoms with van der Waals surface area (Å²) < 4.78 is 0. The van der Waals surface area contributed by atoms with Crippen LogP contribution in [0, 0.1) is 6.07 Å². The molecule has 2 aromatic rings. The molecule has 0 heteroatoms. The minimum absolute atomic E-state index is 0.000144. The Balaban J connectivity index is 2.47. The molecule has 1 atom stereocenters. The number of rotatable bonds is 5. The van der Waals surface area contributed by atoms with E-state index < -0.39 is 0 Å². The van der Waals surface area contributed by atoms with E-state index in [2.05, 4.69) is 70.2 Å². The molecule has 0 aromatic heterocycles. The van der Waals surface area contributed by atoms with E-state index in [1.165, 1.54) is 29.5 Å². The van der Waals surface area contributed by atoms with Gasteiger partial charge in [-0.2, -0.15) is 0 Å². The van der Waals surface area contributed by atoms with Gasteiger partial charge in [0.15, 0.2) is 0 Å². The van der Waals surface area contributed by atoms with Crippen molar-refractivity contribution in [3.63, 3.8) is 0 Å². The molecular weight excluding hydrogens is 240 g/mol. The first kappa shape index (κ1) is 14.8. The van der Waals surface area contributed by atoms with Gasteiger partial charge in [-0.15, -0.1) is 0 Å². The zero-order valence-corrected chi connectivity index (χ0v) is 13.1. The molecule has 0 fully saturated rings. The maximum atomic E-state index is 3.41. The molecule has 0 nitrogen and oxygen atoms in total. The third-order valence-electron chi connectivity index (χ3n) is 4.27. The van der Waals surface area contributed by atoms with Crippen molar-refractivity contribution in [2.75, 3.05) is 0 Å². The lowest BCUT2D eigenvalue weighted by Crippen LogP contribution is -2.21. The van der Waals surface area contributed by atoms with Crippen LogP contribution in [0.3, 0.4) is 0 Å². The first-order valence-corrected chi connectivity index (χ1v) is 7.64. The van der Waals surface area contributed by atoms with Gasteiger partial charge in [0.1, 0.15) is 0 Å². The highest BCUT2D eigenvalue weighted by Crippen LogP contribution is 2.37. The van der Waals surface area contributed by atoms with Crippen LogP contribution in [0.4, 0.5) is 0 Å². The molecule has 0 bridgehead atoms. The molecule has 0 spiro atoms. The van der Waals surface area contributed by atoms with Crippen molar-refractivity contribution in [2.45, 2.75) is 51.9 Å². The highest BCUT2D eigenvalue weighted by Gasteiger charge is 2.26. The smallest absolute Gasteiger partial charge is 0.0155 e. The van der Waals surface area contributed by atoms with E-state index >= 15 is 0 Å². The molecule has 0 aliphatic heterocycles. The van der Waals surface area contributed by atoms with Crippen LogP contribution in [0.25, 0.3) is 0 Å². The van der Waals surface area contributed by atoms with Gasteiger partial charge >= 0.3 is 0 Å². The average Bonchev–Trinajstić information content (AvgIpc) is 2.48. The van der Waals surface area contributed by atoms with Gasteiger partial charge in [0.05, 0.1) is 0 Å². The molecule has 1 radical (unpaired) electrons. The maximum absolute atomic E-state index is 3.41. The van der Waals surface area contributed by atoms with Gasteiger partial charge in [0.2, 0.25) is 0 Å². The topological polar surface area (TPSA) is 0 Å². The Morgan fingerprint density at radius 3 is 2.40 bits per heavy atom. The molecule has 105 valence electrons. The van der Waals surface area contributed by atoms with Gasteiger partial charge in [-0.25, -0.2) is 0 Å². The van der Waals surface area contributed by atoms with Gasteiger partial charge in [0.25, 0.3) is 0 Å². The Labute approximate surface area is 123 Å². The highest BCUT2D eigenvalue weighted by molar-refractivity contribution is 5.43. The van der Waals surface area contributed by atoms with Crippen molar-refractivity contribution in [1.29, 1.82) is 0 Å². The third-order valence-corrected chi connectivity index (χ3v) is 4.27. The second-order valence-corrected chi connectivity index (χ2v) is 6.18. The Hall–Kier alpha value is -1.56. The number of benzene rings is 2. The van der Waals surface area contributed by atoms with Crippen LogP contribution in [0.15, 0.2) is 48.5 Å². The molecular formula is C20H25. The van der Waals surface area contributed by atoms with Gasteiger partial charge in [0, 0.05) is 5.41 Å². The lowest BCUT2D eigenvalue weighted by atomic mass is 9.74. The maximum Gasteiger partial charge on any atom is 0.0155 e. The molecule has 2 aromatic carbocycles. The molecule has 0 N–H and O–H groups in total. The van der Waals surface area contributed by atoms with Crippen LogP contribution in [-0.4, -0.2) is 0 Å². The first-order valence-electron chi connectivity index (χ1n) is 7.64. The molecule has 0 aliphatic carbocycles. The minimum atomic E-state index is -0.000144. The molecule has 0 aliphatic rings. The summed E-state index contributed by atoms with van der Waals surface area (Å²) in [5, 5.41) is 0. The largest absolute Gasteiger partial charge is 0.0654 e. The molecule has 0 heterocycles. The SMILES string of the molecule is CCCC(C)c1ccccc1C(C)(C)c1[c]cccc1. The molecule has 0 saturated carbocycles. The Bertz CT molecular complexity index is 537. The molecule has 1 unspecified atom stereocenters. The average molecular weight is 265 g/mol. The summed E-state index contributed by atoms with van der Waals surface area (Å²) in [7, 11) is 0. The van der Waals surface area contributed by atoms with Gasteiger partial charge in [-0.1, -0.05) is 82.6 Å². The minimum Gasteiger partial charge on any atom is -0.0654 e. The predicted molar refractivity (Wildman–Crippen MR) is 87.2 cm³/mol. The fourth-order valence-corrected chi connectivity index (χ4v) is 3.01. The fourth-order valence-electron chi connectivity index (χ4n) is 3.01. The molecule has 0 amide bonds. The second-order valence-electron chi connectivity index (χ2n) is 6.18. The Morgan fingerprint density at radius 1 is 1.05 bits per heavy atom. The monoisotopic (exact) mass is 265 g/mol. The summed E-state index contributed by atoms with van der Waals surface area (Å²) in [5.74, 6) is 0.610. The van der Waals surface area contributed by atoms with Gasteiger partial charge < -0.3 is 0 Å². The van der Waals surface area contributed by atoms with Gasteiger partial charge in [-0.05, 0) is 35.1 Å². The van der Waals surface area contributed by atoms with E-state index in [0.717, 1.165) is 0 Å². The van der Waals surface area contributed by atoms with Crippen LogP contribution in [-0.2, 0) is 5.41 Å². The third kappa shape index (κ3) is 2.95.